The fraction of sp³-hybridized carbons (Fsp3) is 0.214. The highest BCUT2D eigenvalue weighted by Gasteiger charge is 2.10. The van der Waals surface area contributed by atoms with Crippen LogP contribution in [0.1, 0.15) is 22.9 Å². The molecule has 1 aromatic heterocycles. The van der Waals surface area contributed by atoms with E-state index in [4.69, 9.17) is 0 Å². The van der Waals surface area contributed by atoms with E-state index in [-0.39, 0.29) is 5.75 Å². The molecule has 2 N–H and O–H groups in total. The molecule has 0 amide bonds. The molecule has 3 heteroatoms. The van der Waals surface area contributed by atoms with E-state index in [2.05, 4.69) is 4.98 Å². The third-order valence-corrected chi connectivity index (χ3v) is 2.62. The maximum atomic E-state index is 10.0. The molecule has 2 rings (SSSR count). The standard InChI is InChI=1S/C14H15NO2/c1-10-5-6-15-13(7-10)14(17)9-11-3-2-4-12(16)8-11/h2-8,14,16-17H,9H2,1H3. The molecule has 17 heavy (non-hydrogen) atoms. The molecule has 1 aromatic carbocycles. The van der Waals surface area contributed by atoms with Gasteiger partial charge in [0.05, 0.1) is 11.8 Å². The summed E-state index contributed by atoms with van der Waals surface area (Å²) in [5.74, 6) is 0.215. The number of phenolic OH excluding ortho intramolecular Hbond substituents is 1. The molecule has 0 saturated carbocycles. The van der Waals surface area contributed by atoms with Crippen molar-refractivity contribution in [2.75, 3.05) is 0 Å². The molecule has 1 atom stereocenters. The second-order valence-corrected chi connectivity index (χ2v) is 4.15. The van der Waals surface area contributed by atoms with Crippen molar-refractivity contribution in [2.45, 2.75) is 19.4 Å². The highest BCUT2D eigenvalue weighted by atomic mass is 16.3. The number of hydrogen-bond acceptors (Lipinski definition) is 3. The van der Waals surface area contributed by atoms with E-state index < -0.39 is 6.10 Å². The zero-order valence-electron chi connectivity index (χ0n) is 9.67. The summed E-state index contributed by atoms with van der Waals surface area (Å²) < 4.78 is 0. The van der Waals surface area contributed by atoms with Gasteiger partial charge < -0.3 is 10.2 Å². The number of aliphatic hydroxyl groups is 1. The van der Waals surface area contributed by atoms with Crippen molar-refractivity contribution in [3.8, 4) is 5.75 Å². The first-order valence-corrected chi connectivity index (χ1v) is 5.53. The van der Waals surface area contributed by atoms with E-state index >= 15 is 0 Å². The molecule has 0 radical (unpaired) electrons. The van der Waals surface area contributed by atoms with Gasteiger partial charge in [0.1, 0.15) is 5.75 Å². The van der Waals surface area contributed by atoms with E-state index in [1.165, 1.54) is 0 Å². The lowest BCUT2D eigenvalue weighted by atomic mass is 10.0. The van der Waals surface area contributed by atoms with Crippen LogP contribution >= 0.6 is 0 Å². The summed E-state index contributed by atoms with van der Waals surface area (Å²) >= 11 is 0. The molecule has 2 aromatic rings. The molecule has 0 bridgehead atoms. The van der Waals surface area contributed by atoms with E-state index in [1.807, 2.05) is 25.1 Å². The number of aliphatic hydroxyl groups excluding tert-OH is 1. The van der Waals surface area contributed by atoms with Gasteiger partial charge in [-0.3, -0.25) is 4.98 Å². The first kappa shape index (κ1) is 11.6. The summed E-state index contributed by atoms with van der Waals surface area (Å²) in [5, 5.41) is 19.4. The van der Waals surface area contributed by atoms with Gasteiger partial charge in [-0.15, -0.1) is 0 Å². The third-order valence-electron chi connectivity index (χ3n) is 2.62. The van der Waals surface area contributed by atoms with Gasteiger partial charge in [-0.2, -0.15) is 0 Å². The van der Waals surface area contributed by atoms with Gasteiger partial charge in [-0.25, -0.2) is 0 Å². The van der Waals surface area contributed by atoms with Crippen LogP contribution in [-0.2, 0) is 6.42 Å². The van der Waals surface area contributed by atoms with Crippen LogP contribution in [0.25, 0.3) is 0 Å². The zero-order chi connectivity index (χ0) is 12.3. The molecule has 0 aliphatic rings. The minimum atomic E-state index is -0.642. The molecule has 0 fully saturated rings. The summed E-state index contributed by atoms with van der Waals surface area (Å²) in [6.45, 7) is 1.96. The van der Waals surface area contributed by atoms with Crippen LogP contribution in [0.5, 0.6) is 5.75 Å². The zero-order valence-corrected chi connectivity index (χ0v) is 9.67. The first-order valence-electron chi connectivity index (χ1n) is 5.53. The Morgan fingerprint density at radius 1 is 1.24 bits per heavy atom. The van der Waals surface area contributed by atoms with Crippen molar-refractivity contribution in [1.29, 1.82) is 0 Å². The van der Waals surface area contributed by atoms with Gasteiger partial charge in [0, 0.05) is 12.6 Å². The Labute approximate surface area is 100 Å². The molecule has 1 heterocycles. The first-order chi connectivity index (χ1) is 8.15. The summed E-state index contributed by atoms with van der Waals surface area (Å²) in [6.07, 6.45) is 1.50. The average molecular weight is 229 g/mol. The fourth-order valence-corrected chi connectivity index (χ4v) is 1.75. The van der Waals surface area contributed by atoms with Crippen LogP contribution in [-0.4, -0.2) is 15.2 Å². The smallest absolute Gasteiger partial charge is 0.115 e. The van der Waals surface area contributed by atoms with Crippen molar-refractivity contribution in [1.82, 2.24) is 4.98 Å². The second-order valence-electron chi connectivity index (χ2n) is 4.15. The summed E-state index contributed by atoms with van der Waals surface area (Å²) in [6, 6.07) is 10.7. The number of hydrogen-bond donors (Lipinski definition) is 2. The van der Waals surface area contributed by atoms with Crippen LogP contribution < -0.4 is 0 Å². The van der Waals surface area contributed by atoms with Crippen molar-refractivity contribution in [2.24, 2.45) is 0 Å². The predicted molar refractivity (Wildman–Crippen MR) is 65.7 cm³/mol. The molecule has 0 aliphatic heterocycles. The number of aromatic nitrogens is 1. The largest absolute Gasteiger partial charge is 0.508 e. The fourth-order valence-electron chi connectivity index (χ4n) is 1.75. The SMILES string of the molecule is Cc1ccnc(C(O)Cc2cccc(O)c2)c1. The van der Waals surface area contributed by atoms with Gasteiger partial charge >= 0.3 is 0 Å². The lowest BCUT2D eigenvalue weighted by Gasteiger charge is -2.10. The molecule has 88 valence electrons. The van der Waals surface area contributed by atoms with Crippen molar-refractivity contribution < 1.29 is 10.2 Å². The normalized spacial score (nSPS) is 12.4. The minimum absolute atomic E-state index is 0.215. The molecular formula is C14H15NO2. The van der Waals surface area contributed by atoms with E-state index in [0.29, 0.717) is 12.1 Å². The van der Waals surface area contributed by atoms with Crippen molar-refractivity contribution in [3.63, 3.8) is 0 Å². The highest BCUT2D eigenvalue weighted by Crippen LogP contribution is 2.19. The summed E-state index contributed by atoms with van der Waals surface area (Å²) in [4.78, 5) is 4.15. The Kier molecular flexibility index (Phi) is 3.40. The van der Waals surface area contributed by atoms with E-state index in [1.54, 1.807) is 24.4 Å². The lowest BCUT2D eigenvalue weighted by Crippen LogP contribution is -2.04. The molecule has 0 saturated heterocycles. The number of nitrogens with zero attached hydrogens (tertiary/aromatic N) is 1. The van der Waals surface area contributed by atoms with Gasteiger partial charge in [-0.05, 0) is 42.3 Å². The van der Waals surface area contributed by atoms with Crippen molar-refractivity contribution >= 4 is 0 Å². The minimum Gasteiger partial charge on any atom is -0.508 e. The van der Waals surface area contributed by atoms with E-state index in [9.17, 15) is 10.2 Å². The lowest BCUT2D eigenvalue weighted by molar-refractivity contribution is 0.173. The van der Waals surface area contributed by atoms with Crippen LogP contribution in [0.4, 0.5) is 0 Å². The van der Waals surface area contributed by atoms with Crippen LogP contribution in [0.3, 0.4) is 0 Å². The van der Waals surface area contributed by atoms with E-state index in [0.717, 1.165) is 11.1 Å². The molecule has 1 unspecified atom stereocenters. The Hall–Kier alpha value is -1.87. The Bertz CT molecular complexity index is 511. The van der Waals surface area contributed by atoms with Crippen molar-refractivity contribution in [3.05, 3.63) is 59.4 Å². The highest BCUT2D eigenvalue weighted by molar-refractivity contribution is 5.28. The molecule has 0 spiro atoms. The molecule has 3 nitrogen and oxygen atoms in total. The predicted octanol–water partition coefficient (Wildman–Crippen LogP) is 2.37. The van der Waals surface area contributed by atoms with Gasteiger partial charge in [0.15, 0.2) is 0 Å². The summed E-state index contributed by atoms with van der Waals surface area (Å²) in [7, 11) is 0. The van der Waals surface area contributed by atoms with Gasteiger partial charge in [0.25, 0.3) is 0 Å². The van der Waals surface area contributed by atoms with Crippen LogP contribution in [0, 0.1) is 6.92 Å². The number of pyridine rings is 1. The second kappa shape index (κ2) is 4.97. The third kappa shape index (κ3) is 3.04. The van der Waals surface area contributed by atoms with Gasteiger partial charge in [-0.1, -0.05) is 12.1 Å². The number of phenols is 1. The summed E-state index contributed by atoms with van der Waals surface area (Å²) in [5.41, 5.74) is 2.62. The number of aryl methyl sites for hydroxylation is 1. The Morgan fingerprint density at radius 2 is 2.06 bits per heavy atom. The maximum absolute atomic E-state index is 10.0. The number of benzene rings is 1. The number of rotatable bonds is 3. The molecule has 0 aliphatic carbocycles. The van der Waals surface area contributed by atoms with Crippen LogP contribution in [0.2, 0.25) is 0 Å². The quantitative estimate of drug-likeness (QED) is 0.849. The van der Waals surface area contributed by atoms with Gasteiger partial charge in [0.2, 0.25) is 0 Å². The molecular weight excluding hydrogens is 214 g/mol. The Balaban J connectivity index is 2.14. The topological polar surface area (TPSA) is 53.4 Å². The van der Waals surface area contributed by atoms with Crippen LogP contribution in [0.15, 0.2) is 42.6 Å². The number of aromatic hydroxyl groups is 1. The Morgan fingerprint density at radius 3 is 2.76 bits per heavy atom. The monoisotopic (exact) mass is 229 g/mol. The maximum Gasteiger partial charge on any atom is 0.115 e. The average Bonchev–Trinajstić information content (AvgIpc) is 2.29.